The highest BCUT2D eigenvalue weighted by Gasteiger charge is 2.27. The molecule has 186 valence electrons. The molecule has 0 unspecified atom stereocenters. The third-order valence-electron chi connectivity index (χ3n) is 5.46. The maximum atomic E-state index is 13.3. The number of nitrogens with zero attached hydrogens (tertiary/aromatic N) is 3. The summed E-state index contributed by atoms with van der Waals surface area (Å²) in [5.74, 6) is 0.231. The molecule has 0 bridgehead atoms. The summed E-state index contributed by atoms with van der Waals surface area (Å²) in [6.45, 7) is 3.90. The minimum atomic E-state index is -3.78. The molecule has 1 N–H and O–H groups in total. The van der Waals surface area contributed by atoms with Crippen molar-refractivity contribution in [2.45, 2.75) is 31.3 Å². The molecule has 1 aromatic heterocycles. The Bertz CT molecular complexity index is 1430. The summed E-state index contributed by atoms with van der Waals surface area (Å²) in [7, 11) is -2.25. The van der Waals surface area contributed by atoms with Gasteiger partial charge in [0.05, 0.1) is 17.6 Å². The van der Waals surface area contributed by atoms with Gasteiger partial charge in [0.2, 0.25) is 10.0 Å². The van der Waals surface area contributed by atoms with Crippen LogP contribution in [0.2, 0.25) is 0 Å². The molecule has 0 saturated carbocycles. The summed E-state index contributed by atoms with van der Waals surface area (Å²) >= 11 is 0. The predicted octanol–water partition coefficient (Wildman–Crippen LogP) is 4.60. The van der Waals surface area contributed by atoms with Crippen molar-refractivity contribution in [1.29, 1.82) is 0 Å². The van der Waals surface area contributed by atoms with E-state index in [4.69, 9.17) is 9.15 Å². The van der Waals surface area contributed by atoms with Crippen molar-refractivity contribution in [2.75, 3.05) is 12.4 Å². The molecule has 0 aliphatic carbocycles. The Morgan fingerprint density at radius 1 is 0.972 bits per heavy atom. The maximum absolute atomic E-state index is 13.3. The average Bonchev–Trinajstić information content (AvgIpc) is 3.35. The molecule has 0 aliphatic heterocycles. The Labute approximate surface area is 209 Å². The third-order valence-corrected chi connectivity index (χ3v) is 7.50. The maximum Gasteiger partial charge on any atom is 0.322 e. The van der Waals surface area contributed by atoms with Gasteiger partial charge in [-0.25, -0.2) is 8.42 Å². The predicted molar refractivity (Wildman–Crippen MR) is 135 cm³/mol. The zero-order valence-corrected chi connectivity index (χ0v) is 20.9. The summed E-state index contributed by atoms with van der Waals surface area (Å²) in [4.78, 5) is 12.8. The molecule has 4 rings (SSSR count). The average molecular weight is 507 g/mol. The van der Waals surface area contributed by atoms with Crippen molar-refractivity contribution in [1.82, 2.24) is 14.5 Å². The molecular weight excluding hydrogens is 480 g/mol. The van der Waals surface area contributed by atoms with Crippen LogP contribution in [0.15, 0.2) is 88.2 Å². The van der Waals surface area contributed by atoms with Gasteiger partial charge in [-0.15, -0.1) is 5.10 Å². The highest BCUT2D eigenvalue weighted by atomic mass is 32.2. The number of para-hydroxylation sites is 1. The molecule has 36 heavy (non-hydrogen) atoms. The second kappa shape index (κ2) is 10.7. The fraction of sp³-hybridized carbons (Fsp3) is 0.192. The molecule has 0 radical (unpaired) electrons. The third kappa shape index (κ3) is 5.45. The van der Waals surface area contributed by atoms with Gasteiger partial charge in [-0.3, -0.25) is 10.1 Å². The largest absolute Gasteiger partial charge is 0.496 e. The van der Waals surface area contributed by atoms with Crippen molar-refractivity contribution < 1.29 is 22.4 Å². The van der Waals surface area contributed by atoms with Crippen LogP contribution in [0.1, 0.15) is 29.8 Å². The zero-order valence-electron chi connectivity index (χ0n) is 20.1. The lowest BCUT2D eigenvalue weighted by Gasteiger charge is -2.26. The van der Waals surface area contributed by atoms with Gasteiger partial charge < -0.3 is 9.15 Å². The van der Waals surface area contributed by atoms with Crippen molar-refractivity contribution in [3.8, 4) is 17.2 Å². The number of hydrogen-bond acceptors (Lipinski definition) is 7. The molecule has 0 fully saturated rings. The molecule has 3 aromatic carbocycles. The number of nitrogens with one attached hydrogen (secondary N) is 1. The smallest absolute Gasteiger partial charge is 0.322 e. The van der Waals surface area contributed by atoms with Gasteiger partial charge in [0.15, 0.2) is 0 Å². The normalized spacial score (nSPS) is 11.6. The van der Waals surface area contributed by atoms with Crippen molar-refractivity contribution in [3.05, 3.63) is 90.0 Å². The summed E-state index contributed by atoms with van der Waals surface area (Å²) in [6.07, 6.45) is 0. The Morgan fingerprint density at radius 2 is 1.64 bits per heavy atom. The molecule has 10 heteroatoms. The van der Waals surface area contributed by atoms with Crippen molar-refractivity contribution in [3.63, 3.8) is 0 Å². The van der Waals surface area contributed by atoms with Gasteiger partial charge >= 0.3 is 6.01 Å². The van der Waals surface area contributed by atoms with Crippen LogP contribution in [0.3, 0.4) is 0 Å². The van der Waals surface area contributed by atoms with E-state index in [0.717, 1.165) is 5.56 Å². The second-order valence-corrected chi connectivity index (χ2v) is 10.1. The highest BCUT2D eigenvalue weighted by molar-refractivity contribution is 7.89. The number of amides is 1. The van der Waals surface area contributed by atoms with Crippen LogP contribution in [0.4, 0.5) is 6.01 Å². The number of sulfonamides is 1. The van der Waals surface area contributed by atoms with E-state index in [1.165, 1.54) is 35.7 Å². The van der Waals surface area contributed by atoms with Crippen molar-refractivity contribution >= 4 is 21.9 Å². The quantitative estimate of drug-likeness (QED) is 0.353. The first-order valence-electron chi connectivity index (χ1n) is 11.2. The standard InChI is InChI=1S/C26H26N4O5S/c1-18(2)30(17-19-9-5-4-6-10-19)36(32,33)21-15-13-20(14-16-21)24(31)27-26-29-28-25(35-26)22-11-7-8-12-23(22)34-3/h4-16,18H,17H2,1-3H3,(H,27,29,31). The Balaban J connectivity index is 1.49. The summed E-state index contributed by atoms with van der Waals surface area (Å²) in [5.41, 5.74) is 1.72. The Kier molecular flexibility index (Phi) is 7.47. The lowest BCUT2D eigenvalue weighted by molar-refractivity contribution is 0.102. The van der Waals surface area contributed by atoms with E-state index in [2.05, 4.69) is 15.5 Å². The van der Waals surface area contributed by atoms with E-state index in [1.807, 2.05) is 50.2 Å². The molecule has 1 heterocycles. The minimum Gasteiger partial charge on any atom is -0.496 e. The number of rotatable bonds is 9. The van der Waals surface area contributed by atoms with Crippen LogP contribution in [0.5, 0.6) is 5.75 Å². The number of aromatic nitrogens is 2. The first kappa shape index (κ1) is 25.1. The number of methoxy groups -OCH3 is 1. The summed E-state index contributed by atoms with van der Waals surface area (Å²) in [5, 5.41) is 10.4. The van der Waals surface area contributed by atoms with Crippen LogP contribution in [0, 0.1) is 0 Å². The fourth-order valence-electron chi connectivity index (χ4n) is 3.60. The number of ether oxygens (including phenoxy) is 1. The molecule has 4 aromatic rings. The van der Waals surface area contributed by atoms with Crippen molar-refractivity contribution in [2.24, 2.45) is 0 Å². The van der Waals surface area contributed by atoms with E-state index in [0.29, 0.717) is 11.3 Å². The molecule has 1 amide bonds. The van der Waals surface area contributed by atoms with E-state index >= 15 is 0 Å². The molecule has 0 spiro atoms. The first-order chi connectivity index (χ1) is 17.3. The zero-order chi connectivity index (χ0) is 25.7. The van der Waals surface area contributed by atoms with E-state index in [1.54, 1.807) is 18.2 Å². The van der Waals surface area contributed by atoms with E-state index in [-0.39, 0.29) is 35.0 Å². The van der Waals surface area contributed by atoms with Gasteiger partial charge in [0, 0.05) is 18.2 Å². The number of benzene rings is 3. The monoisotopic (exact) mass is 506 g/mol. The number of carbonyl (C=O) groups excluding carboxylic acids is 1. The number of anilines is 1. The Hall–Kier alpha value is -4.02. The molecular formula is C26H26N4O5S. The topological polar surface area (TPSA) is 115 Å². The lowest BCUT2D eigenvalue weighted by Crippen LogP contribution is -2.36. The van der Waals surface area contributed by atoms with Gasteiger partial charge in [0.25, 0.3) is 11.8 Å². The first-order valence-corrected chi connectivity index (χ1v) is 12.7. The lowest BCUT2D eigenvalue weighted by atomic mass is 10.2. The SMILES string of the molecule is COc1ccccc1-c1nnc(NC(=O)c2ccc(S(=O)(=O)N(Cc3ccccc3)C(C)C)cc2)o1. The fourth-order valence-corrected chi connectivity index (χ4v) is 5.22. The van der Waals surface area contributed by atoms with E-state index in [9.17, 15) is 13.2 Å². The second-order valence-electron chi connectivity index (χ2n) is 8.22. The van der Waals surface area contributed by atoms with Gasteiger partial charge in [0.1, 0.15) is 5.75 Å². The summed E-state index contributed by atoms with van der Waals surface area (Å²) < 4.78 is 38.9. The molecule has 9 nitrogen and oxygen atoms in total. The van der Waals surface area contributed by atoms with Crippen LogP contribution >= 0.6 is 0 Å². The van der Waals surface area contributed by atoms with Crippen LogP contribution in [-0.4, -0.2) is 42.0 Å². The number of hydrogen-bond donors (Lipinski definition) is 1. The Morgan fingerprint density at radius 3 is 2.31 bits per heavy atom. The molecule has 0 aliphatic rings. The van der Waals surface area contributed by atoms with Gasteiger partial charge in [-0.1, -0.05) is 47.6 Å². The summed E-state index contributed by atoms with van der Waals surface area (Å²) in [6, 6.07) is 21.9. The van der Waals surface area contributed by atoms with Crippen LogP contribution < -0.4 is 10.1 Å². The van der Waals surface area contributed by atoms with Gasteiger partial charge in [-0.2, -0.15) is 4.31 Å². The van der Waals surface area contributed by atoms with Gasteiger partial charge in [-0.05, 0) is 55.8 Å². The van der Waals surface area contributed by atoms with Crippen LogP contribution in [-0.2, 0) is 16.6 Å². The molecule has 0 saturated heterocycles. The van der Waals surface area contributed by atoms with Crippen LogP contribution in [0.25, 0.3) is 11.5 Å². The minimum absolute atomic E-state index is 0.0913. The highest BCUT2D eigenvalue weighted by Crippen LogP contribution is 2.29. The number of carbonyl (C=O) groups is 1. The molecule has 0 atom stereocenters. The van der Waals surface area contributed by atoms with E-state index < -0.39 is 15.9 Å².